The van der Waals surface area contributed by atoms with Crippen molar-refractivity contribution in [3.8, 4) is 11.1 Å². The van der Waals surface area contributed by atoms with Gasteiger partial charge in [-0.25, -0.2) is 12.7 Å². The Kier molecular flexibility index (Phi) is 6.15. The molecule has 32 heavy (non-hydrogen) atoms. The Morgan fingerprint density at radius 1 is 1.19 bits per heavy atom. The molecule has 0 aliphatic carbocycles. The van der Waals surface area contributed by atoms with Gasteiger partial charge in [-0.1, -0.05) is 0 Å². The number of nitrogens with one attached hydrogen (secondary N) is 1. The van der Waals surface area contributed by atoms with Crippen LogP contribution in [0.4, 0.5) is 0 Å². The summed E-state index contributed by atoms with van der Waals surface area (Å²) in [6.45, 7) is 2.60. The van der Waals surface area contributed by atoms with Crippen molar-refractivity contribution in [1.29, 1.82) is 0 Å². The van der Waals surface area contributed by atoms with Crippen LogP contribution in [0.25, 0.3) is 22.0 Å². The number of benzene rings is 2. The molecule has 9 heteroatoms. The molecule has 1 aliphatic heterocycles. The van der Waals surface area contributed by atoms with Crippen LogP contribution in [0.3, 0.4) is 0 Å². The predicted octanol–water partition coefficient (Wildman–Crippen LogP) is 3.56. The summed E-state index contributed by atoms with van der Waals surface area (Å²) in [5, 5.41) is 0.880. The average Bonchev–Trinajstić information content (AvgIpc) is 3.21. The summed E-state index contributed by atoms with van der Waals surface area (Å²) < 4.78 is 25.9. The fourth-order valence-corrected chi connectivity index (χ4v) is 5.87. The van der Waals surface area contributed by atoms with Crippen LogP contribution in [0.5, 0.6) is 0 Å². The molecule has 0 radical (unpaired) electrons. The maximum atomic E-state index is 12.2. The first-order valence-electron chi connectivity index (χ1n) is 10.5. The second-order valence-electron chi connectivity index (χ2n) is 8.06. The number of H-pyrrole nitrogens is 1. The van der Waals surface area contributed by atoms with Gasteiger partial charge in [-0.15, -0.1) is 12.6 Å². The highest BCUT2D eigenvalue weighted by molar-refractivity contribution is 7.89. The normalized spacial score (nSPS) is 15.8. The fourth-order valence-electron chi connectivity index (χ4n) is 4.45. The highest BCUT2D eigenvalue weighted by Gasteiger charge is 2.29. The highest BCUT2D eigenvalue weighted by atomic mass is 32.2. The third kappa shape index (κ3) is 4.20. The van der Waals surface area contributed by atoms with Crippen molar-refractivity contribution in [3.05, 3.63) is 53.2 Å². The van der Waals surface area contributed by atoms with Crippen molar-refractivity contribution >= 4 is 45.7 Å². The third-order valence-corrected chi connectivity index (χ3v) is 8.29. The molecule has 7 nitrogen and oxygen atoms in total. The molecule has 2 heterocycles. The molecule has 0 spiro atoms. The molecule has 1 amide bonds. The van der Waals surface area contributed by atoms with Crippen LogP contribution in [0.1, 0.15) is 52.0 Å². The molecule has 1 aliphatic rings. The smallest absolute Gasteiger partial charge is 0.250 e. The Bertz CT molecular complexity index is 1310. The second-order valence-corrected chi connectivity index (χ2v) is 10.8. The van der Waals surface area contributed by atoms with E-state index in [-0.39, 0.29) is 11.7 Å². The van der Waals surface area contributed by atoms with Crippen LogP contribution in [0, 0.1) is 0 Å². The minimum Gasteiger partial charge on any atom is -0.366 e. The molecule has 0 unspecified atom stereocenters. The van der Waals surface area contributed by atoms with Crippen molar-refractivity contribution in [2.45, 2.75) is 30.6 Å². The third-order valence-electron chi connectivity index (χ3n) is 6.15. The minimum absolute atomic E-state index is 0.100. The van der Waals surface area contributed by atoms with E-state index in [1.165, 1.54) is 0 Å². The van der Waals surface area contributed by atoms with Gasteiger partial charge in [0.1, 0.15) is 6.29 Å². The highest BCUT2D eigenvalue weighted by Crippen LogP contribution is 2.37. The van der Waals surface area contributed by atoms with E-state index in [1.807, 2.05) is 18.3 Å². The summed E-state index contributed by atoms with van der Waals surface area (Å²) in [6, 6.07) is 8.97. The number of piperidine rings is 1. The number of thiol groups is 1. The monoisotopic (exact) mass is 471 g/mol. The quantitative estimate of drug-likeness (QED) is 0.377. The zero-order valence-corrected chi connectivity index (χ0v) is 19.4. The van der Waals surface area contributed by atoms with Gasteiger partial charge in [0.15, 0.2) is 0 Å². The first-order valence-corrected chi connectivity index (χ1v) is 12.5. The molecule has 0 atom stereocenters. The van der Waals surface area contributed by atoms with E-state index in [0.29, 0.717) is 47.5 Å². The van der Waals surface area contributed by atoms with Crippen LogP contribution in [0.15, 0.2) is 41.4 Å². The Hall–Kier alpha value is -2.62. The van der Waals surface area contributed by atoms with Gasteiger partial charge in [0, 0.05) is 35.1 Å². The topological polar surface area (TPSA) is 113 Å². The maximum absolute atomic E-state index is 12.2. The summed E-state index contributed by atoms with van der Waals surface area (Å²) in [5.74, 6) is -0.292. The molecule has 1 saturated heterocycles. The number of carbonyl (C=O) groups excluding carboxylic acids is 2. The van der Waals surface area contributed by atoms with Gasteiger partial charge in [-0.3, -0.25) is 9.59 Å². The Morgan fingerprint density at radius 3 is 2.50 bits per heavy atom. The van der Waals surface area contributed by atoms with Crippen molar-refractivity contribution < 1.29 is 18.0 Å². The van der Waals surface area contributed by atoms with Crippen LogP contribution in [-0.4, -0.2) is 48.7 Å². The molecule has 3 aromatic rings. The van der Waals surface area contributed by atoms with E-state index in [4.69, 9.17) is 5.73 Å². The second kappa shape index (κ2) is 8.73. The summed E-state index contributed by atoms with van der Waals surface area (Å²) in [4.78, 5) is 27.4. The lowest BCUT2D eigenvalue weighted by molar-refractivity contribution is 0.100. The standard InChI is InChI=1S/C23H25N3O4S2/c1-2-32(29,30)26-5-3-15(4-6-26)21-12-25-22-19(21)10-17(11-20(22)23(24)28)16-7-14(13-27)8-18(31)9-16/h7-13,15,25,31H,2-6H2,1H3,(H2,24,28). The number of aromatic nitrogens is 1. The lowest BCUT2D eigenvalue weighted by Crippen LogP contribution is -2.38. The number of rotatable bonds is 6. The van der Waals surface area contributed by atoms with Gasteiger partial charge < -0.3 is 10.7 Å². The number of fused-ring (bicyclic) bond motifs is 1. The van der Waals surface area contributed by atoms with E-state index in [1.54, 1.807) is 29.4 Å². The molecule has 1 aromatic heterocycles. The van der Waals surface area contributed by atoms with E-state index < -0.39 is 15.9 Å². The number of amides is 1. The zero-order chi connectivity index (χ0) is 23.0. The number of sulfonamides is 1. The van der Waals surface area contributed by atoms with Gasteiger partial charge in [0.2, 0.25) is 10.0 Å². The first kappa shape index (κ1) is 22.6. The van der Waals surface area contributed by atoms with E-state index in [0.717, 1.165) is 28.4 Å². The number of carbonyl (C=O) groups is 2. The molecular weight excluding hydrogens is 446 g/mol. The SMILES string of the molecule is CCS(=O)(=O)N1CCC(c2c[nH]c3c(C(N)=O)cc(-c4cc(S)cc(C=O)c4)cc23)CC1. The molecule has 0 bridgehead atoms. The summed E-state index contributed by atoms with van der Waals surface area (Å²) in [6.07, 6.45) is 4.05. The van der Waals surface area contributed by atoms with E-state index in [2.05, 4.69) is 17.6 Å². The fraction of sp³-hybridized carbons (Fsp3) is 0.304. The van der Waals surface area contributed by atoms with Gasteiger partial charge in [-0.2, -0.15) is 0 Å². The van der Waals surface area contributed by atoms with Gasteiger partial charge >= 0.3 is 0 Å². The van der Waals surface area contributed by atoms with Crippen molar-refractivity contribution in [2.75, 3.05) is 18.8 Å². The molecule has 4 rings (SSSR count). The number of nitrogens with zero attached hydrogens (tertiary/aromatic N) is 1. The van der Waals surface area contributed by atoms with E-state index >= 15 is 0 Å². The van der Waals surface area contributed by atoms with Crippen LogP contribution < -0.4 is 5.73 Å². The predicted molar refractivity (Wildman–Crippen MR) is 128 cm³/mol. The van der Waals surface area contributed by atoms with Crippen LogP contribution >= 0.6 is 12.6 Å². The first-order chi connectivity index (χ1) is 15.2. The van der Waals surface area contributed by atoms with Gasteiger partial charge in [0.25, 0.3) is 5.91 Å². The number of hydrogen-bond acceptors (Lipinski definition) is 5. The van der Waals surface area contributed by atoms with Crippen molar-refractivity contribution in [1.82, 2.24) is 9.29 Å². The zero-order valence-electron chi connectivity index (χ0n) is 17.7. The number of primary amides is 1. The Balaban J connectivity index is 1.77. The number of aromatic amines is 1. The lowest BCUT2D eigenvalue weighted by atomic mass is 9.88. The van der Waals surface area contributed by atoms with E-state index in [9.17, 15) is 18.0 Å². The number of nitrogens with two attached hydrogens (primary N) is 1. The van der Waals surface area contributed by atoms with Crippen LogP contribution in [-0.2, 0) is 10.0 Å². The summed E-state index contributed by atoms with van der Waals surface area (Å²) in [5.41, 5.74) is 9.77. The average molecular weight is 472 g/mol. The molecule has 1 fully saturated rings. The minimum atomic E-state index is -3.20. The van der Waals surface area contributed by atoms with Gasteiger partial charge in [0.05, 0.1) is 16.8 Å². The lowest BCUT2D eigenvalue weighted by Gasteiger charge is -2.31. The molecule has 0 saturated carbocycles. The largest absolute Gasteiger partial charge is 0.366 e. The van der Waals surface area contributed by atoms with Crippen molar-refractivity contribution in [3.63, 3.8) is 0 Å². The summed E-state index contributed by atoms with van der Waals surface area (Å²) in [7, 11) is -3.20. The molecule has 2 aromatic carbocycles. The molecule has 3 N–H and O–H groups in total. The molecule has 168 valence electrons. The summed E-state index contributed by atoms with van der Waals surface area (Å²) >= 11 is 4.39. The van der Waals surface area contributed by atoms with Crippen LogP contribution in [0.2, 0.25) is 0 Å². The Morgan fingerprint density at radius 2 is 1.88 bits per heavy atom. The van der Waals surface area contributed by atoms with Crippen molar-refractivity contribution in [2.24, 2.45) is 5.73 Å². The van der Waals surface area contributed by atoms with Gasteiger partial charge in [-0.05, 0) is 72.7 Å². The number of aldehydes is 1. The Labute approximate surface area is 192 Å². The maximum Gasteiger partial charge on any atom is 0.250 e. The number of hydrogen-bond donors (Lipinski definition) is 3. The molecular formula is C23H25N3O4S2.